The van der Waals surface area contributed by atoms with Gasteiger partial charge in [0.1, 0.15) is 0 Å². The fourth-order valence-electron chi connectivity index (χ4n) is 1.26. The van der Waals surface area contributed by atoms with Crippen LogP contribution in [0.15, 0.2) is 6.07 Å². The number of carboxylic acid groups (broad SMARTS) is 1. The summed E-state index contributed by atoms with van der Waals surface area (Å²) in [6.45, 7) is 0. The zero-order valence-corrected chi connectivity index (χ0v) is 10.5. The van der Waals surface area contributed by atoms with E-state index in [1.165, 1.54) is 17.9 Å². The van der Waals surface area contributed by atoms with Crippen LogP contribution in [0.4, 0.5) is 10.6 Å². The summed E-state index contributed by atoms with van der Waals surface area (Å²) in [5.41, 5.74) is 0. The van der Waals surface area contributed by atoms with Gasteiger partial charge in [0.15, 0.2) is 5.82 Å². The lowest BCUT2D eigenvalue weighted by Crippen LogP contribution is -2.34. The van der Waals surface area contributed by atoms with E-state index in [1.54, 1.807) is 7.05 Å². The van der Waals surface area contributed by atoms with E-state index in [-0.39, 0.29) is 18.7 Å². The Morgan fingerprint density at radius 2 is 2.11 bits per heavy atom. The van der Waals surface area contributed by atoms with Gasteiger partial charge >= 0.3 is 12.0 Å². The lowest BCUT2D eigenvalue weighted by Gasteiger charge is -2.02. The number of nitrogens with zero attached hydrogens (tertiary/aromatic N) is 2. The van der Waals surface area contributed by atoms with Crippen LogP contribution in [0.1, 0.15) is 12.8 Å². The molecule has 104 valence electrons. The number of hydrogen-bond donors (Lipinski definition) is 3. The molecule has 0 aromatic carbocycles. The standard InChI is InChI=1S/C10H14N4O5/c1-14-8(19-2)5-6(13-14)11-10(18)12-7(15)3-4-9(16)17/h5H,3-4H2,1-2H3,(H,16,17)(H2,11,12,13,15,18). The van der Waals surface area contributed by atoms with Gasteiger partial charge in [-0.2, -0.15) is 5.10 Å². The number of ether oxygens (including phenoxy) is 1. The molecule has 19 heavy (non-hydrogen) atoms. The van der Waals surface area contributed by atoms with E-state index >= 15 is 0 Å². The number of imide groups is 1. The molecule has 1 heterocycles. The highest BCUT2D eigenvalue weighted by Crippen LogP contribution is 2.14. The van der Waals surface area contributed by atoms with Gasteiger partial charge in [0.05, 0.1) is 13.5 Å². The number of carbonyl (C=O) groups excluding carboxylic acids is 2. The highest BCUT2D eigenvalue weighted by molar-refractivity contribution is 6.01. The number of hydrogen-bond acceptors (Lipinski definition) is 5. The highest BCUT2D eigenvalue weighted by atomic mass is 16.5. The quantitative estimate of drug-likeness (QED) is 0.689. The Hall–Kier alpha value is -2.58. The minimum Gasteiger partial charge on any atom is -0.481 e. The predicted octanol–water partition coefficient (Wildman–Crippen LogP) is -0.0584. The van der Waals surface area contributed by atoms with Gasteiger partial charge in [-0.15, -0.1) is 0 Å². The van der Waals surface area contributed by atoms with E-state index in [0.29, 0.717) is 5.88 Å². The first-order valence-corrected chi connectivity index (χ1v) is 5.33. The average Bonchev–Trinajstić information content (AvgIpc) is 2.66. The minimum absolute atomic E-state index is 0.211. The second-order valence-corrected chi connectivity index (χ2v) is 3.59. The van der Waals surface area contributed by atoms with Crippen molar-refractivity contribution in [1.29, 1.82) is 0 Å². The van der Waals surface area contributed by atoms with Crippen LogP contribution >= 0.6 is 0 Å². The Morgan fingerprint density at radius 1 is 1.42 bits per heavy atom. The molecule has 9 heteroatoms. The smallest absolute Gasteiger partial charge is 0.327 e. The van der Waals surface area contributed by atoms with Crippen LogP contribution in [0.5, 0.6) is 5.88 Å². The van der Waals surface area contributed by atoms with Gasteiger partial charge in [-0.1, -0.05) is 0 Å². The van der Waals surface area contributed by atoms with E-state index in [0.717, 1.165) is 0 Å². The number of rotatable bonds is 5. The second kappa shape index (κ2) is 6.38. The summed E-state index contributed by atoms with van der Waals surface area (Å²) >= 11 is 0. The molecule has 0 aliphatic rings. The number of aromatic nitrogens is 2. The predicted molar refractivity (Wildman–Crippen MR) is 63.8 cm³/mol. The van der Waals surface area contributed by atoms with Crippen LogP contribution in [0.2, 0.25) is 0 Å². The third kappa shape index (κ3) is 4.66. The van der Waals surface area contributed by atoms with Crippen LogP contribution in [-0.4, -0.2) is 39.9 Å². The average molecular weight is 270 g/mol. The van der Waals surface area contributed by atoms with Gasteiger partial charge in [-0.3, -0.25) is 20.2 Å². The topological polar surface area (TPSA) is 123 Å². The van der Waals surface area contributed by atoms with E-state index in [9.17, 15) is 14.4 Å². The van der Waals surface area contributed by atoms with Crippen molar-refractivity contribution in [3.63, 3.8) is 0 Å². The number of carboxylic acids is 1. The second-order valence-electron chi connectivity index (χ2n) is 3.59. The van der Waals surface area contributed by atoms with Gasteiger partial charge in [-0.25, -0.2) is 9.48 Å². The summed E-state index contributed by atoms with van der Waals surface area (Å²) in [5, 5.41) is 16.6. The van der Waals surface area contributed by atoms with Gasteiger partial charge in [-0.05, 0) is 0 Å². The fourth-order valence-corrected chi connectivity index (χ4v) is 1.26. The Balaban J connectivity index is 2.46. The zero-order valence-electron chi connectivity index (χ0n) is 10.5. The van der Waals surface area contributed by atoms with Crippen molar-refractivity contribution in [2.45, 2.75) is 12.8 Å². The maximum atomic E-state index is 11.4. The highest BCUT2D eigenvalue weighted by Gasteiger charge is 2.12. The first kappa shape index (κ1) is 14.5. The van der Waals surface area contributed by atoms with Crippen LogP contribution in [0.25, 0.3) is 0 Å². The number of aliphatic carboxylic acids is 1. The number of amides is 3. The normalized spacial score (nSPS) is 9.79. The molecule has 1 rings (SSSR count). The summed E-state index contributed by atoms with van der Waals surface area (Å²) in [6.07, 6.45) is -0.606. The van der Waals surface area contributed by atoms with Crippen molar-refractivity contribution in [2.75, 3.05) is 12.4 Å². The Kier molecular flexibility index (Phi) is 4.86. The molecule has 3 N–H and O–H groups in total. The molecule has 3 amide bonds. The number of methoxy groups -OCH3 is 1. The lowest BCUT2D eigenvalue weighted by atomic mass is 10.3. The van der Waals surface area contributed by atoms with Crippen molar-refractivity contribution >= 4 is 23.7 Å². The first-order valence-electron chi connectivity index (χ1n) is 5.33. The maximum absolute atomic E-state index is 11.4. The molecule has 0 fully saturated rings. The fraction of sp³-hybridized carbons (Fsp3) is 0.400. The number of urea groups is 1. The first-order chi connectivity index (χ1) is 8.92. The van der Waals surface area contributed by atoms with Crippen LogP contribution in [0.3, 0.4) is 0 Å². The minimum atomic E-state index is -1.11. The number of carbonyl (C=O) groups is 3. The van der Waals surface area contributed by atoms with Gasteiger partial charge in [0.25, 0.3) is 0 Å². The van der Waals surface area contributed by atoms with Crippen molar-refractivity contribution in [3.05, 3.63) is 6.07 Å². The van der Waals surface area contributed by atoms with Crippen LogP contribution in [0, 0.1) is 0 Å². The molecule has 0 bridgehead atoms. The van der Waals surface area contributed by atoms with Crippen LogP contribution < -0.4 is 15.4 Å². The molecule has 0 saturated heterocycles. The summed E-state index contributed by atoms with van der Waals surface area (Å²) < 4.78 is 6.35. The third-order valence-electron chi connectivity index (χ3n) is 2.11. The van der Waals surface area contributed by atoms with Gasteiger partial charge in [0, 0.05) is 19.5 Å². The van der Waals surface area contributed by atoms with Crippen molar-refractivity contribution in [3.8, 4) is 5.88 Å². The number of nitrogens with one attached hydrogen (secondary N) is 2. The largest absolute Gasteiger partial charge is 0.481 e. The summed E-state index contributed by atoms with van der Waals surface area (Å²) in [6, 6.07) is 0.692. The summed E-state index contributed by atoms with van der Waals surface area (Å²) in [4.78, 5) is 32.8. The Morgan fingerprint density at radius 3 is 2.63 bits per heavy atom. The molecule has 1 aromatic heterocycles. The molecule has 1 aromatic rings. The van der Waals surface area contributed by atoms with Crippen LogP contribution in [-0.2, 0) is 16.6 Å². The molecule has 0 aliphatic heterocycles. The van der Waals surface area contributed by atoms with E-state index < -0.39 is 17.9 Å². The van der Waals surface area contributed by atoms with Gasteiger partial charge in [0.2, 0.25) is 11.8 Å². The third-order valence-corrected chi connectivity index (χ3v) is 2.11. The van der Waals surface area contributed by atoms with E-state index in [1.807, 2.05) is 5.32 Å². The maximum Gasteiger partial charge on any atom is 0.327 e. The van der Waals surface area contributed by atoms with E-state index in [2.05, 4.69) is 10.4 Å². The molecule has 0 saturated carbocycles. The van der Waals surface area contributed by atoms with E-state index in [4.69, 9.17) is 9.84 Å². The zero-order chi connectivity index (χ0) is 14.4. The van der Waals surface area contributed by atoms with Crippen molar-refractivity contribution < 1.29 is 24.2 Å². The monoisotopic (exact) mass is 270 g/mol. The molecule has 9 nitrogen and oxygen atoms in total. The summed E-state index contributed by atoms with van der Waals surface area (Å²) in [5.74, 6) is -1.14. The molecular formula is C10H14N4O5. The molecule has 0 unspecified atom stereocenters. The SMILES string of the molecule is COc1cc(NC(=O)NC(=O)CCC(=O)O)nn1C. The van der Waals surface area contributed by atoms with Gasteiger partial charge < -0.3 is 9.84 Å². The molecular weight excluding hydrogens is 256 g/mol. The molecule has 0 atom stereocenters. The Bertz CT molecular complexity index is 496. The number of aryl methyl sites for hydroxylation is 1. The van der Waals surface area contributed by atoms with Crippen molar-refractivity contribution in [2.24, 2.45) is 7.05 Å². The molecule has 0 spiro atoms. The molecule has 0 radical (unpaired) electrons. The summed E-state index contributed by atoms with van der Waals surface area (Å²) in [7, 11) is 3.08. The number of anilines is 1. The van der Waals surface area contributed by atoms with Crippen molar-refractivity contribution in [1.82, 2.24) is 15.1 Å². The Labute approximate surface area is 108 Å². The lowest BCUT2D eigenvalue weighted by molar-refractivity contribution is -0.138. The molecule has 0 aliphatic carbocycles.